The standard InChI is InChI=1S/C33H44O2/c1-21(2)13-25-17-29(18-26(14-22(3)4)31(25)34-11)33(9,10)30-19-27(15-23(5)6)32(35-12)28(20-30)16-24(7)8/h17-20H,1,3,5,7,13-16H2,2,4,6,8-12H3. The highest BCUT2D eigenvalue weighted by Gasteiger charge is 2.28. The van der Waals surface area contributed by atoms with E-state index in [4.69, 9.17) is 9.47 Å². The molecule has 0 aliphatic rings. The lowest BCUT2D eigenvalue weighted by molar-refractivity contribution is 0.404. The van der Waals surface area contributed by atoms with Crippen molar-refractivity contribution in [3.05, 3.63) is 106 Å². The normalized spacial score (nSPS) is 11.2. The summed E-state index contributed by atoms with van der Waals surface area (Å²) in [4.78, 5) is 0. The maximum Gasteiger partial charge on any atom is 0.125 e. The van der Waals surface area contributed by atoms with E-state index in [1.54, 1.807) is 14.2 Å². The van der Waals surface area contributed by atoms with Crippen LogP contribution >= 0.6 is 0 Å². The molecule has 0 heterocycles. The number of rotatable bonds is 12. The van der Waals surface area contributed by atoms with E-state index in [0.717, 1.165) is 59.5 Å². The molecule has 0 spiro atoms. The minimum atomic E-state index is -0.250. The zero-order valence-corrected chi connectivity index (χ0v) is 23.3. The molecule has 0 amide bonds. The van der Waals surface area contributed by atoms with Crippen LogP contribution in [-0.4, -0.2) is 14.2 Å². The highest BCUT2D eigenvalue weighted by molar-refractivity contribution is 5.55. The Morgan fingerprint density at radius 3 is 0.971 bits per heavy atom. The third-order valence-electron chi connectivity index (χ3n) is 6.31. The summed E-state index contributed by atoms with van der Waals surface area (Å²) in [5, 5.41) is 0. The van der Waals surface area contributed by atoms with Crippen molar-refractivity contribution in [1.29, 1.82) is 0 Å². The van der Waals surface area contributed by atoms with Gasteiger partial charge in [-0.1, -0.05) is 86.7 Å². The van der Waals surface area contributed by atoms with Crippen molar-refractivity contribution in [2.75, 3.05) is 14.2 Å². The molecular weight excluding hydrogens is 428 g/mol. The second-order valence-electron chi connectivity index (χ2n) is 10.8. The van der Waals surface area contributed by atoms with Gasteiger partial charge in [0.05, 0.1) is 14.2 Å². The number of hydrogen-bond donors (Lipinski definition) is 0. The van der Waals surface area contributed by atoms with Crippen LogP contribution < -0.4 is 9.47 Å². The summed E-state index contributed by atoms with van der Waals surface area (Å²) in [6, 6.07) is 9.15. The van der Waals surface area contributed by atoms with Gasteiger partial charge in [-0.2, -0.15) is 0 Å². The molecule has 0 aliphatic heterocycles. The van der Waals surface area contributed by atoms with Gasteiger partial charge in [-0.15, -0.1) is 0 Å². The van der Waals surface area contributed by atoms with Crippen molar-refractivity contribution in [3.63, 3.8) is 0 Å². The smallest absolute Gasteiger partial charge is 0.125 e. The van der Waals surface area contributed by atoms with Crippen LogP contribution in [-0.2, 0) is 31.1 Å². The van der Waals surface area contributed by atoms with E-state index >= 15 is 0 Å². The van der Waals surface area contributed by atoms with Crippen molar-refractivity contribution in [3.8, 4) is 11.5 Å². The Morgan fingerprint density at radius 2 is 0.800 bits per heavy atom. The van der Waals surface area contributed by atoms with E-state index in [2.05, 4.69) is 92.1 Å². The second-order valence-corrected chi connectivity index (χ2v) is 10.8. The van der Waals surface area contributed by atoms with Crippen molar-refractivity contribution in [2.45, 2.75) is 72.6 Å². The van der Waals surface area contributed by atoms with E-state index < -0.39 is 0 Å². The van der Waals surface area contributed by atoms with E-state index in [1.807, 2.05) is 0 Å². The SMILES string of the molecule is C=C(C)Cc1cc(C(C)(C)c2cc(CC(=C)C)c(OC)c(CC(=C)C)c2)cc(CC(=C)C)c1OC. The molecule has 0 saturated carbocycles. The van der Waals surface area contributed by atoms with Gasteiger partial charge in [-0.25, -0.2) is 0 Å². The van der Waals surface area contributed by atoms with Gasteiger partial charge in [-0.3, -0.25) is 0 Å². The first-order valence-electron chi connectivity index (χ1n) is 12.3. The van der Waals surface area contributed by atoms with Gasteiger partial charge in [0.1, 0.15) is 11.5 Å². The second kappa shape index (κ2) is 11.6. The Morgan fingerprint density at radius 1 is 0.571 bits per heavy atom. The highest BCUT2D eigenvalue weighted by Crippen LogP contribution is 2.40. The van der Waals surface area contributed by atoms with Gasteiger partial charge >= 0.3 is 0 Å². The molecule has 2 nitrogen and oxygen atoms in total. The first kappa shape index (κ1) is 28.2. The molecule has 0 bridgehead atoms. The quantitative estimate of drug-likeness (QED) is 0.288. The zero-order valence-electron chi connectivity index (χ0n) is 23.3. The van der Waals surface area contributed by atoms with E-state index in [0.29, 0.717) is 0 Å². The van der Waals surface area contributed by atoms with Crippen molar-refractivity contribution >= 4 is 0 Å². The Bertz CT molecular complexity index is 980. The first-order valence-corrected chi connectivity index (χ1v) is 12.3. The van der Waals surface area contributed by atoms with Crippen LogP contribution in [0.1, 0.15) is 74.9 Å². The average molecular weight is 473 g/mol. The third-order valence-corrected chi connectivity index (χ3v) is 6.31. The average Bonchev–Trinajstić information content (AvgIpc) is 2.71. The van der Waals surface area contributed by atoms with Gasteiger partial charge in [0.2, 0.25) is 0 Å². The minimum Gasteiger partial charge on any atom is -0.496 e. The molecule has 0 atom stereocenters. The maximum atomic E-state index is 5.89. The fourth-order valence-corrected chi connectivity index (χ4v) is 4.75. The molecule has 0 N–H and O–H groups in total. The lowest BCUT2D eigenvalue weighted by Gasteiger charge is -2.30. The Hall–Kier alpha value is -3.00. The predicted octanol–water partition coefficient (Wildman–Crippen LogP) is 8.50. The van der Waals surface area contributed by atoms with Crippen molar-refractivity contribution < 1.29 is 9.47 Å². The van der Waals surface area contributed by atoms with Gasteiger partial charge in [0.15, 0.2) is 0 Å². The molecule has 2 heteroatoms. The lowest BCUT2D eigenvalue weighted by atomic mass is 9.74. The number of benzene rings is 2. The third kappa shape index (κ3) is 7.01. The molecule has 2 rings (SSSR count). The fraction of sp³-hybridized carbons (Fsp3) is 0.394. The summed E-state index contributed by atoms with van der Waals surface area (Å²) in [5.74, 6) is 1.88. The summed E-state index contributed by atoms with van der Waals surface area (Å²) in [7, 11) is 3.50. The van der Waals surface area contributed by atoms with E-state index in [-0.39, 0.29) is 5.41 Å². The lowest BCUT2D eigenvalue weighted by Crippen LogP contribution is -2.21. The van der Waals surface area contributed by atoms with Crippen molar-refractivity contribution in [1.82, 2.24) is 0 Å². The largest absolute Gasteiger partial charge is 0.496 e. The molecule has 0 unspecified atom stereocenters. The Labute approximate surface area is 214 Å². The summed E-state index contributed by atoms with van der Waals surface area (Å²) < 4.78 is 11.8. The van der Waals surface area contributed by atoms with Gasteiger partial charge in [-0.05, 0) is 86.8 Å². The fourth-order valence-electron chi connectivity index (χ4n) is 4.75. The van der Waals surface area contributed by atoms with Crippen LogP contribution in [0.2, 0.25) is 0 Å². The number of methoxy groups -OCH3 is 2. The summed E-state index contributed by atoms with van der Waals surface area (Å²) in [6.07, 6.45) is 3.11. The van der Waals surface area contributed by atoms with Crippen LogP contribution in [0.25, 0.3) is 0 Å². The molecule has 0 radical (unpaired) electrons. The molecule has 0 aromatic heterocycles. The summed E-state index contributed by atoms with van der Waals surface area (Å²) in [6.45, 7) is 29.5. The van der Waals surface area contributed by atoms with E-state index in [9.17, 15) is 0 Å². The van der Waals surface area contributed by atoms with Crippen LogP contribution in [0.15, 0.2) is 72.9 Å². The predicted molar refractivity (Wildman–Crippen MR) is 152 cm³/mol. The van der Waals surface area contributed by atoms with Crippen LogP contribution in [0.3, 0.4) is 0 Å². The Kier molecular flexibility index (Phi) is 9.38. The maximum absolute atomic E-state index is 5.89. The van der Waals surface area contributed by atoms with Crippen LogP contribution in [0.4, 0.5) is 0 Å². The topological polar surface area (TPSA) is 18.5 Å². The number of hydrogen-bond acceptors (Lipinski definition) is 2. The molecule has 188 valence electrons. The Balaban J connectivity index is 2.82. The minimum absolute atomic E-state index is 0.250. The van der Waals surface area contributed by atoms with Crippen LogP contribution in [0, 0.1) is 0 Å². The summed E-state index contributed by atoms with van der Waals surface area (Å²) in [5.41, 5.74) is 11.3. The highest BCUT2D eigenvalue weighted by atomic mass is 16.5. The van der Waals surface area contributed by atoms with Gasteiger partial charge in [0, 0.05) is 5.41 Å². The molecule has 0 aliphatic carbocycles. The van der Waals surface area contributed by atoms with Crippen molar-refractivity contribution in [2.24, 2.45) is 0 Å². The molecular formula is C33H44O2. The molecule has 0 saturated heterocycles. The number of ether oxygens (including phenoxy) is 2. The van der Waals surface area contributed by atoms with E-state index in [1.165, 1.54) is 33.4 Å². The molecule has 0 fully saturated rings. The van der Waals surface area contributed by atoms with Gasteiger partial charge in [0.25, 0.3) is 0 Å². The number of allylic oxidation sites excluding steroid dienone is 4. The van der Waals surface area contributed by atoms with Crippen LogP contribution in [0.5, 0.6) is 11.5 Å². The zero-order chi connectivity index (χ0) is 26.5. The molecule has 2 aromatic rings. The molecule has 35 heavy (non-hydrogen) atoms. The summed E-state index contributed by atoms with van der Waals surface area (Å²) >= 11 is 0. The molecule has 2 aromatic carbocycles. The van der Waals surface area contributed by atoms with Gasteiger partial charge < -0.3 is 9.47 Å². The first-order chi connectivity index (χ1) is 16.3. The monoisotopic (exact) mass is 472 g/mol.